The molecular weight excluding hydrogens is 262 g/mol. The van der Waals surface area contributed by atoms with Crippen molar-refractivity contribution >= 4 is 17.3 Å². The summed E-state index contributed by atoms with van der Waals surface area (Å²) in [5.74, 6) is 5.27. The van der Waals surface area contributed by atoms with E-state index in [-0.39, 0.29) is 23.8 Å². The van der Waals surface area contributed by atoms with Gasteiger partial charge in [-0.05, 0) is 19.5 Å². The molecule has 0 radical (unpaired) electrons. The molecule has 0 aliphatic heterocycles. The summed E-state index contributed by atoms with van der Waals surface area (Å²) in [5.41, 5.74) is 3.20. The van der Waals surface area contributed by atoms with Crippen LogP contribution >= 0.6 is 0 Å². The molecule has 1 aromatic carbocycles. The smallest absolute Gasteiger partial charge is 0.293 e. The Kier molecular flexibility index (Phi) is 5.88. The van der Waals surface area contributed by atoms with Crippen LogP contribution < -0.4 is 16.6 Å². The number of nitro benzene ring substituents is 1. The molecule has 0 atom stereocenters. The summed E-state index contributed by atoms with van der Waals surface area (Å²) < 4.78 is 0. The molecule has 1 rings (SSSR count). The first-order chi connectivity index (χ1) is 9.49. The van der Waals surface area contributed by atoms with Crippen LogP contribution in [0.4, 0.5) is 11.4 Å². The summed E-state index contributed by atoms with van der Waals surface area (Å²) in [7, 11) is 1.76. The average molecular weight is 281 g/mol. The van der Waals surface area contributed by atoms with Gasteiger partial charge in [-0.2, -0.15) is 0 Å². The Labute approximate surface area is 117 Å². The molecule has 4 N–H and O–H groups in total. The van der Waals surface area contributed by atoms with E-state index >= 15 is 0 Å². The monoisotopic (exact) mass is 281 g/mol. The average Bonchev–Trinajstić information content (AvgIpc) is 2.38. The van der Waals surface area contributed by atoms with Gasteiger partial charge in [-0.3, -0.25) is 25.7 Å². The summed E-state index contributed by atoms with van der Waals surface area (Å²) in [6.45, 7) is 2.99. The molecule has 0 saturated carbocycles. The molecule has 0 spiro atoms. The number of likely N-dealkylation sites (N-methyl/N-ethyl adjacent to an activating group) is 2. The van der Waals surface area contributed by atoms with Crippen LogP contribution in [-0.2, 0) is 11.3 Å². The number of carbonyl (C=O) groups excluding carboxylic acids is 1. The van der Waals surface area contributed by atoms with Gasteiger partial charge in [0.2, 0.25) is 5.91 Å². The number of benzene rings is 1. The number of carbonyl (C=O) groups is 1. The minimum absolute atomic E-state index is 0.0867. The summed E-state index contributed by atoms with van der Waals surface area (Å²) in [5, 5.41) is 13.6. The number of anilines is 1. The highest BCUT2D eigenvalue weighted by Crippen LogP contribution is 2.27. The van der Waals surface area contributed by atoms with Crippen molar-refractivity contribution in [1.82, 2.24) is 10.2 Å². The zero-order chi connectivity index (χ0) is 15.1. The number of amides is 1. The Morgan fingerprint density at radius 2 is 2.20 bits per heavy atom. The van der Waals surface area contributed by atoms with Crippen molar-refractivity contribution < 1.29 is 9.72 Å². The van der Waals surface area contributed by atoms with Crippen molar-refractivity contribution in [3.05, 3.63) is 33.9 Å². The number of nitrogen functional groups attached to an aromatic ring is 1. The molecule has 0 heterocycles. The van der Waals surface area contributed by atoms with Crippen LogP contribution in [0.25, 0.3) is 0 Å². The van der Waals surface area contributed by atoms with E-state index in [2.05, 4.69) is 10.7 Å². The van der Waals surface area contributed by atoms with E-state index in [4.69, 9.17) is 5.84 Å². The third-order valence-corrected chi connectivity index (χ3v) is 2.70. The number of hydrogen-bond acceptors (Lipinski definition) is 6. The number of rotatable bonds is 7. The highest BCUT2D eigenvalue weighted by atomic mass is 16.6. The number of hydrazine groups is 1. The normalized spacial score (nSPS) is 10.4. The highest BCUT2D eigenvalue weighted by molar-refractivity contribution is 5.78. The van der Waals surface area contributed by atoms with Gasteiger partial charge in [0.05, 0.1) is 11.5 Å². The van der Waals surface area contributed by atoms with E-state index in [1.54, 1.807) is 24.1 Å². The lowest BCUT2D eigenvalue weighted by Crippen LogP contribution is -2.34. The SMILES string of the molecule is CCNC(=O)CN(C)Cc1cccc([N+](=O)[O-])c1NN. The van der Waals surface area contributed by atoms with E-state index in [0.29, 0.717) is 18.7 Å². The summed E-state index contributed by atoms with van der Waals surface area (Å²) in [6, 6.07) is 4.70. The van der Waals surface area contributed by atoms with Gasteiger partial charge in [-0.25, -0.2) is 0 Å². The Morgan fingerprint density at radius 1 is 1.50 bits per heavy atom. The van der Waals surface area contributed by atoms with E-state index in [1.165, 1.54) is 6.07 Å². The fraction of sp³-hybridized carbons (Fsp3) is 0.417. The number of nitrogens with two attached hydrogens (primary N) is 1. The fourth-order valence-electron chi connectivity index (χ4n) is 1.88. The van der Waals surface area contributed by atoms with Crippen LogP contribution in [0.5, 0.6) is 0 Å². The standard InChI is InChI=1S/C12H19N5O3/c1-3-14-11(18)8-16(2)7-9-5-4-6-10(17(19)20)12(9)15-13/h4-6,15H,3,7-8,13H2,1-2H3,(H,14,18). The minimum Gasteiger partial charge on any atom is -0.355 e. The largest absolute Gasteiger partial charge is 0.355 e. The third-order valence-electron chi connectivity index (χ3n) is 2.70. The molecule has 0 unspecified atom stereocenters. The second-order valence-electron chi connectivity index (χ2n) is 4.34. The molecule has 0 fully saturated rings. The van der Waals surface area contributed by atoms with E-state index < -0.39 is 4.92 Å². The summed E-state index contributed by atoms with van der Waals surface area (Å²) in [4.78, 5) is 23.6. The minimum atomic E-state index is -0.498. The van der Waals surface area contributed by atoms with Crippen molar-refractivity contribution in [3.8, 4) is 0 Å². The van der Waals surface area contributed by atoms with E-state index in [9.17, 15) is 14.9 Å². The van der Waals surface area contributed by atoms with Gasteiger partial charge >= 0.3 is 0 Å². The number of nitrogens with zero attached hydrogens (tertiary/aromatic N) is 2. The third kappa shape index (κ3) is 4.18. The summed E-state index contributed by atoms with van der Waals surface area (Å²) >= 11 is 0. The Balaban J connectivity index is 2.84. The first kappa shape index (κ1) is 15.9. The second-order valence-corrected chi connectivity index (χ2v) is 4.34. The van der Waals surface area contributed by atoms with Crippen LogP contribution in [0.15, 0.2) is 18.2 Å². The van der Waals surface area contributed by atoms with Crippen LogP contribution in [-0.4, -0.2) is 35.9 Å². The van der Waals surface area contributed by atoms with Crippen LogP contribution in [0.1, 0.15) is 12.5 Å². The lowest BCUT2D eigenvalue weighted by Gasteiger charge is -2.18. The molecule has 0 saturated heterocycles. The maximum atomic E-state index is 11.5. The van der Waals surface area contributed by atoms with Gasteiger partial charge in [-0.15, -0.1) is 0 Å². The molecular formula is C12H19N5O3. The fourth-order valence-corrected chi connectivity index (χ4v) is 1.88. The van der Waals surface area contributed by atoms with E-state index in [0.717, 1.165) is 0 Å². The van der Waals surface area contributed by atoms with Gasteiger partial charge in [-0.1, -0.05) is 12.1 Å². The molecule has 1 amide bonds. The first-order valence-electron chi connectivity index (χ1n) is 6.17. The quantitative estimate of drug-likeness (QED) is 0.380. The van der Waals surface area contributed by atoms with Gasteiger partial charge in [0, 0.05) is 19.2 Å². The second kappa shape index (κ2) is 7.41. The van der Waals surface area contributed by atoms with Crippen LogP contribution in [0, 0.1) is 10.1 Å². The zero-order valence-electron chi connectivity index (χ0n) is 11.5. The topological polar surface area (TPSA) is 114 Å². The molecule has 0 bridgehead atoms. The number of nitrogens with one attached hydrogen (secondary N) is 2. The lowest BCUT2D eigenvalue weighted by atomic mass is 10.1. The maximum Gasteiger partial charge on any atom is 0.293 e. The van der Waals surface area contributed by atoms with Crippen molar-refractivity contribution in [2.24, 2.45) is 5.84 Å². The van der Waals surface area contributed by atoms with Crippen LogP contribution in [0.2, 0.25) is 0 Å². The number of hydrogen-bond donors (Lipinski definition) is 3. The van der Waals surface area contributed by atoms with Gasteiger partial charge in [0.15, 0.2) is 0 Å². The number of nitro groups is 1. The molecule has 0 aliphatic carbocycles. The highest BCUT2D eigenvalue weighted by Gasteiger charge is 2.17. The lowest BCUT2D eigenvalue weighted by molar-refractivity contribution is -0.384. The van der Waals surface area contributed by atoms with Crippen molar-refractivity contribution in [2.45, 2.75) is 13.5 Å². The molecule has 20 heavy (non-hydrogen) atoms. The van der Waals surface area contributed by atoms with Crippen LogP contribution in [0.3, 0.4) is 0 Å². The molecule has 0 aromatic heterocycles. The number of para-hydroxylation sites is 1. The van der Waals surface area contributed by atoms with Crippen molar-refractivity contribution in [1.29, 1.82) is 0 Å². The van der Waals surface area contributed by atoms with E-state index in [1.807, 2.05) is 6.92 Å². The first-order valence-corrected chi connectivity index (χ1v) is 6.17. The van der Waals surface area contributed by atoms with Gasteiger partial charge in [0.25, 0.3) is 5.69 Å². The Hall–Kier alpha value is -2.19. The Morgan fingerprint density at radius 3 is 2.75 bits per heavy atom. The van der Waals surface area contributed by atoms with Crippen molar-refractivity contribution in [2.75, 3.05) is 25.6 Å². The molecule has 8 heteroatoms. The molecule has 1 aromatic rings. The van der Waals surface area contributed by atoms with Gasteiger partial charge < -0.3 is 10.7 Å². The summed E-state index contributed by atoms with van der Waals surface area (Å²) in [6.07, 6.45) is 0. The molecule has 0 aliphatic rings. The van der Waals surface area contributed by atoms with Gasteiger partial charge in [0.1, 0.15) is 5.69 Å². The molecule has 8 nitrogen and oxygen atoms in total. The zero-order valence-corrected chi connectivity index (χ0v) is 11.5. The predicted molar refractivity (Wildman–Crippen MR) is 75.9 cm³/mol. The molecule has 110 valence electrons. The predicted octanol–water partition coefficient (Wildman–Crippen LogP) is 0.448. The van der Waals surface area contributed by atoms with Crippen molar-refractivity contribution in [3.63, 3.8) is 0 Å². The maximum absolute atomic E-state index is 11.5. The Bertz CT molecular complexity index is 492.